The first-order valence-electron chi connectivity index (χ1n) is 6.09. The fourth-order valence-electron chi connectivity index (χ4n) is 2.25. The third kappa shape index (κ3) is 1.97. The Balaban J connectivity index is 2.84. The number of fused-ring (bicyclic) bond motifs is 1. The third-order valence-corrected chi connectivity index (χ3v) is 3.21. The van der Waals surface area contributed by atoms with E-state index in [0.29, 0.717) is 18.7 Å². The monoisotopic (exact) mass is 242 g/mol. The van der Waals surface area contributed by atoms with Crippen LogP contribution in [0.1, 0.15) is 24.5 Å². The summed E-state index contributed by atoms with van der Waals surface area (Å²) in [4.78, 5) is 0. The summed E-state index contributed by atoms with van der Waals surface area (Å²) in [5.41, 5.74) is 8.44. The van der Waals surface area contributed by atoms with Gasteiger partial charge in [-0.2, -0.15) is 0 Å². The van der Waals surface area contributed by atoms with Gasteiger partial charge >= 0.3 is 0 Å². The normalized spacial score (nSPS) is 10.6. The zero-order valence-electron chi connectivity index (χ0n) is 10.8. The van der Waals surface area contributed by atoms with Crippen LogP contribution < -0.4 is 10.5 Å². The number of hydrogen-bond acceptors (Lipinski definition) is 3. The molecule has 0 radical (unpaired) electrons. The molecular formula is C15H18N2O. The topological polar surface area (TPSA) is 59.1 Å². The summed E-state index contributed by atoms with van der Waals surface area (Å²) in [7, 11) is 1.66. The van der Waals surface area contributed by atoms with Crippen LogP contribution in [0.2, 0.25) is 0 Å². The van der Waals surface area contributed by atoms with Crippen molar-refractivity contribution in [1.82, 2.24) is 0 Å². The summed E-state index contributed by atoms with van der Waals surface area (Å²) in [5.74, 6) is 0.827. The van der Waals surface area contributed by atoms with E-state index in [4.69, 9.17) is 15.9 Å². The van der Waals surface area contributed by atoms with Gasteiger partial charge in [-0.05, 0) is 29.5 Å². The van der Waals surface area contributed by atoms with E-state index in [9.17, 15) is 0 Å². The summed E-state index contributed by atoms with van der Waals surface area (Å²) in [5, 5.41) is 10.1. The Bertz CT molecular complexity index is 590. The third-order valence-electron chi connectivity index (χ3n) is 3.21. The molecule has 2 rings (SSSR count). The van der Waals surface area contributed by atoms with Crippen molar-refractivity contribution in [3.8, 4) is 5.75 Å². The number of nitrogens with one attached hydrogen (secondary N) is 1. The summed E-state index contributed by atoms with van der Waals surface area (Å²) in [6, 6.07) is 9.87. The molecule has 0 aliphatic carbocycles. The first-order valence-corrected chi connectivity index (χ1v) is 6.09. The lowest BCUT2D eigenvalue weighted by Crippen LogP contribution is -2.04. The Hall–Kier alpha value is -1.87. The highest BCUT2D eigenvalue weighted by atomic mass is 16.5. The van der Waals surface area contributed by atoms with Gasteiger partial charge in [0.1, 0.15) is 5.75 Å². The Morgan fingerprint density at radius 1 is 1.28 bits per heavy atom. The predicted molar refractivity (Wildman–Crippen MR) is 75.5 cm³/mol. The first-order chi connectivity index (χ1) is 8.72. The molecular weight excluding hydrogens is 224 g/mol. The molecule has 0 atom stereocenters. The minimum absolute atomic E-state index is 0.467. The Labute approximate surface area is 107 Å². The van der Waals surface area contributed by atoms with E-state index in [-0.39, 0.29) is 0 Å². The number of ether oxygens (including phenoxy) is 1. The van der Waals surface area contributed by atoms with Crippen LogP contribution in [0.5, 0.6) is 5.75 Å². The maximum absolute atomic E-state index is 8.08. The zero-order chi connectivity index (χ0) is 13.1. The van der Waals surface area contributed by atoms with E-state index >= 15 is 0 Å². The second-order valence-corrected chi connectivity index (χ2v) is 4.19. The van der Waals surface area contributed by atoms with Crippen molar-refractivity contribution in [1.29, 1.82) is 5.41 Å². The van der Waals surface area contributed by atoms with Crippen LogP contribution >= 0.6 is 0 Å². The van der Waals surface area contributed by atoms with Crippen LogP contribution in [0.15, 0.2) is 30.3 Å². The lowest BCUT2D eigenvalue weighted by atomic mass is 9.95. The van der Waals surface area contributed by atoms with Gasteiger partial charge in [-0.25, -0.2) is 0 Å². The molecule has 0 aliphatic rings. The smallest absolute Gasteiger partial charge is 0.126 e. The summed E-state index contributed by atoms with van der Waals surface area (Å²) < 4.78 is 5.38. The second-order valence-electron chi connectivity index (χ2n) is 4.19. The van der Waals surface area contributed by atoms with Gasteiger partial charge in [0.05, 0.1) is 7.11 Å². The van der Waals surface area contributed by atoms with Gasteiger partial charge in [0.25, 0.3) is 0 Å². The van der Waals surface area contributed by atoms with Crippen molar-refractivity contribution >= 4 is 16.5 Å². The molecule has 0 saturated heterocycles. The Morgan fingerprint density at radius 2 is 2.06 bits per heavy atom. The van der Waals surface area contributed by atoms with Gasteiger partial charge in [0.15, 0.2) is 0 Å². The number of hydrogen-bond donors (Lipinski definition) is 2. The van der Waals surface area contributed by atoms with Crippen molar-refractivity contribution in [3.05, 3.63) is 41.5 Å². The van der Waals surface area contributed by atoms with Gasteiger partial charge in [0, 0.05) is 23.2 Å². The molecule has 0 bridgehead atoms. The van der Waals surface area contributed by atoms with Crippen LogP contribution in [0.4, 0.5) is 0 Å². The number of nitrogens with two attached hydrogens (primary N) is 1. The second kappa shape index (κ2) is 5.19. The van der Waals surface area contributed by atoms with Crippen molar-refractivity contribution in [2.24, 2.45) is 5.73 Å². The molecule has 3 nitrogen and oxygen atoms in total. The SMILES string of the molecule is CCC(=N)c1ccc(OC)c2cccc(CN)c12. The minimum atomic E-state index is 0.467. The molecule has 0 spiro atoms. The van der Waals surface area contributed by atoms with Crippen LogP contribution in [0.3, 0.4) is 0 Å². The number of benzene rings is 2. The van der Waals surface area contributed by atoms with Crippen LogP contribution in [0, 0.1) is 5.41 Å². The molecule has 18 heavy (non-hydrogen) atoms. The highest BCUT2D eigenvalue weighted by molar-refractivity contribution is 6.11. The minimum Gasteiger partial charge on any atom is -0.496 e. The maximum Gasteiger partial charge on any atom is 0.126 e. The van der Waals surface area contributed by atoms with Gasteiger partial charge in [-0.1, -0.05) is 25.1 Å². The van der Waals surface area contributed by atoms with E-state index in [1.807, 2.05) is 37.3 Å². The first kappa shape index (κ1) is 12.6. The van der Waals surface area contributed by atoms with E-state index < -0.39 is 0 Å². The van der Waals surface area contributed by atoms with Crippen LogP contribution in [0.25, 0.3) is 10.8 Å². The average molecular weight is 242 g/mol. The summed E-state index contributed by atoms with van der Waals surface area (Å²) in [6.45, 7) is 2.46. The molecule has 0 aliphatic heterocycles. The fraction of sp³-hybridized carbons (Fsp3) is 0.267. The largest absolute Gasteiger partial charge is 0.496 e. The molecule has 0 saturated carbocycles. The predicted octanol–water partition coefficient (Wildman–Crippen LogP) is 3.08. The van der Waals surface area contributed by atoms with Crippen molar-refractivity contribution in [2.75, 3.05) is 7.11 Å². The molecule has 3 heteroatoms. The molecule has 0 aromatic heterocycles. The summed E-state index contributed by atoms with van der Waals surface area (Å²) >= 11 is 0. The highest BCUT2D eigenvalue weighted by Gasteiger charge is 2.12. The maximum atomic E-state index is 8.08. The Kier molecular flexibility index (Phi) is 3.63. The zero-order valence-corrected chi connectivity index (χ0v) is 10.8. The van der Waals surface area contributed by atoms with Crippen molar-refractivity contribution < 1.29 is 4.74 Å². The van der Waals surface area contributed by atoms with Crippen LogP contribution in [-0.2, 0) is 6.54 Å². The molecule has 2 aromatic rings. The lowest BCUT2D eigenvalue weighted by Gasteiger charge is -2.13. The number of rotatable bonds is 4. The average Bonchev–Trinajstić information content (AvgIpc) is 2.44. The molecule has 0 heterocycles. The standard InChI is InChI=1S/C15H18N2O/c1-3-13(17)11-7-8-14(18-2)12-6-4-5-10(9-16)15(11)12/h4-8,17H,3,9,16H2,1-2H3. The molecule has 2 aromatic carbocycles. The van der Waals surface area contributed by atoms with Crippen LogP contribution in [-0.4, -0.2) is 12.8 Å². The number of methoxy groups -OCH3 is 1. The van der Waals surface area contributed by atoms with E-state index in [2.05, 4.69) is 0 Å². The van der Waals surface area contributed by atoms with Crippen molar-refractivity contribution in [2.45, 2.75) is 19.9 Å². The summed E-state index contributed by atoms with van der Waals surface area (Å²) in [6.07, 6.45) is 0.709. The molecule has 0 amide bonds. The molecule has 0 unspecified atom stereocenters. The van der Waals surface area contributed by atoms with E-state index in [0.717, 1.165) is 27.6 Å². The lowest BCUT2D eigenvalue weighted by molar-refractivity contribution is 0.420. The van der Waals surface area contributed by atoms with E-state index in [1.165, 1.54) is 0 Å². The van der Waals surface area contributed by atoms with Gasteiger partial charge in [-0.3, -0.25) is 0 Å². The molecule has 3 N–H and O–H groups in total. The van der Waals surface area contributed by atoms with Gasteiger partial charge < -0.3 is 15.9 Å². The quantitative estimate of drug-likeness (QED) is 0.809. The fourth-order valence-corrected chi connectivity index (χ4v) is 2.25. The van der Waals surface area contributed by atoms with Crippen molar-refractivity contribution in [3.63, 3.8) is 0 Å². The highest BCUT2D eigenvalue weighted by Crippen LogP contribution is 2.31. The Morgan fingerprint density at radius 3 is 2.67 bits per heavy atom. The van der Waals surface area contributed by atoms with Gasteiger partial charge in [0.2, 0.25) is 0 Å². The molecule has 0 fully saturated rings. The van der Waals surface area contributed by atoms with E-state index in [1.54, 1.807) is 7.11 Å². The molecule has 94 valence electrons. The van der Waals surface area contributed by atoms with Gasteiger partial charge in [-0.15, -0.1) is 0 Å².